The normalized spacial score (nSPS) is 15.4. The Morgan fingerprint density at radius 1 is 1.35 bits per heavy atom. The van der Waals surface area contributed by atoms with E-state index in [-0.39, 0.29) is 6.10 Å². The molecule has 0 bridgehead atoms. The fourth-order valence-electron chi connectivity index (χ4n) is 1.49. The van der Waals surface area contributed by atoms with Gasteiger partial charge in [0.1, 0.15) is 11.4 Å². The van der Waals surface area contributed by atoms with Crippen LogP contribution in [-0.2, 0) is 10.0 Å². The van der Waals surface area contributed by atoms with Gasteiger partial charge in [0.05, 0.1) is 18.0 Å². The first-order chi connectivity index (χ1) is 7.99. The summed E-state index contributed by atoms with van der Waals surface area (Å²) in [6, 6.07) is 5.40. The maximum atomic E-state index is 11.3. The molecule has 0 aliphatic heterocycles. The van der Waals surface area contributed by atoms with Crippen LogP contribution in [0.15, 0.2) is 18.2 Å². The molecule has 1 aromatic rings. The Labute approximate surface area is 101 Å². The SMILES string of the molecule is CNc1cccc(OC2CC2)c1NS(C)(=O)=O. The van der Waals surface area contributed by atoms with Crippen molar-refractivity contribution >= 4 is 21.4 Å². The van der Waals surface area contributed by atoms with Gasteiger partial charge in [-0.2, -0.15) is 0 Å². The van der Waals surface area contributed by atoms with Gasteiger partial charge in [-0.1, -0.05) is 6.07 Å². The molecule has 0 heterocycles. The second kappa shape index (κ2) is 4.44. The van der Waals surface area contributed by atoms with E-state index in [1.54, 1.807) is 19.2 Å². The van der Waals surface area contributed by atoms with E-state index in [0.717, 1.165) is 19.1 Å². The molecule has 0 spiro atoms. The quantitative estimate of drug-likeness (QED) is 0.840. The van der Waals surface area contributed by atoms with E-state index < -0.39 is 10.0 Å². The van der Waals surface area contributed by atoms with Gasteiger partial charge in [-0.05, 0) is 25.0 Å². The first kappa shape index (κ1) is 12.0. The predicted molar refractivity (Wildman–Crippen MR) is 68.1 cm³/mol. The zero-order valence-corrected chi connectivity index (χ0v) is 10.7. The Kier molecular flexibility index (Phi) is 3.15. The second-order valence-electron chi connectivity index (χ2n) is 4.12. The molecule has 1 aromatic carbocycles. The highest BCUT2D eigenvalue weighted by Gasteiger charge is 2.25. The summed E-state index contributed by atoms with van der Waals surface area (Å²) in [5, 5.41) is 2.95. The summed E-state index contributed by atoms with van der Waals surface area (Å²) >= 11 is 0. The third-order valence-electron chi connectivity index (χ3n) is 2.40. The van der Waals surface area contributed by atoms with Gasteiger partial charge in [-0.15, -0.1) is 0 Å². The molecule has 1 saturated carbocycles. The molecule has 0 amide bonds. The number of nitrogens with one attached hydrogen (secondary N) is 2. The third kappa shape index (κ3) is 3.26. The molecule has 17 heavy (non-hydrogen) atoms. The van der Waals surface area contributed by atoms with Crippen molar-refractivity contribution in [2.75, 3.05) is 23.3 Å². The lowest BCUT2D eigenvalue weighted by Crippen LogP contribution is -2.13. The maximum Gasteiger partial charge on any atom is 0.230 e. The number of ether oxygens (including phenoxy) is 1. The monoisotopic (exact) mass is 256 g/mol. The fraction of sp³-hybridized carbons (Fsp3) is 0.455. The molecule has 0 atom stereocenters. The number of hydrogen-bond donors (Lipinski definition) is 2. The lowest BCUT2D eigenvalue weighted by atomic mass is 10.2. The minimum absolute atomic E-state index is 0.224. The topological polar surface area (TPSA) is 67.4 Å². The van der Waals surface area contributed by atoms with Gasteiger partial charge in [-0.25, -0.2) is 8.42 Å². The van der Waals surface area contributed by atoms with Gasteiger partial charge in [-0.3, -0.25) is 4.72 Å². The highest BCUT2D eigenvalue weighted by atomic mass is 32.2. The van der Waals surface area contributed by atoms with Gasteiger partial charge in [0, 0.05) is 7.05 Å². The third-order valence-corrected chi connectivity index (χ3v) is 2.98. The van der Waals surface area contributed by atoms with Crippen LogP contribution in [0.1, 0.15) is 12.8 Å². The minimum atomic E-state index is -3.32. The Morgan fingerprint density at radius 2 is 2.06 bits per heavy atom. The average molecular weight is 256 g/mol. The van der Waals surface area contributed by atoms with Crippen molar-refractivity contribution in [3.63, 3.8) is 0 Å². The highest BCUT2D eigenvalue weighted by molar-refractivity contribution is 7.92. The molecule has 5 nitrogen and oxygen atoms in total. The molecular formula is C11H16N2O3S. The molecule has 0 aromatic heterocycles. The summed E-state index contributed by atoms with van der Waals surface area (Å²) in [4.78, 5) is 0. The molecule has 94 valence electrons. The molecule has 2 N–H and O–H groups in total. The van der Waals surface area contributed by atoms with Crippen molar-refractivity contribution in [2.24, 2.45) is 0 Å². The lowest BCUT2D eigenvalue weighted by molar-refractivity contribution is 0.305. The van der Waals surface area contributed by atoms with Crippen molar-refractivity contribution in [2.45, 2.75) is 18.9 Å². The van der Waals surface area contributed by atoms with Crippen molar-refractivity contribution in [3.8, 4) is 5.75 Å². The zero-order valence-electron chi connectivity index (χ0n) is 9.86. The van der Waals surface area contributed by atoms with Crippen LogP contribution in [0.3, 0.4) is 0 Å². The molecule has 0 unspecified atom stereocenters. The van der Waals surface area contributed by atoms with Gasteiger partial charge in [0.15, 0.2) is 0 Å². The van der Waals surface area contributed by atoms with Crippen LogP contribution in [-0.4, -0.2) is 27.8 Å². The average Bonchev–Trinajstić information content (AvgIpc) is 3.02. The second-order valence-corrected chi connectivity index (χ2v) is 5.87. The van der Waals surface area contributed by atoms with Crippen LogP contribution in [0.5, 0.6) is 5.75 Å². The van der Waals surface area contributed by atoms with E-state index in [1.165, 1.54) is 0 Å². The van der Waals surface area contributed by atoms with Crippen LogP contribution < -0.4 is 14.8 Å². The molecule has 6 heteroatoms. The van der Waals surface area contributed by atoms with Crippen molar-refractivity contribution < 1.29 is 13.2 Å². The van der Waals surface area contributed by atoms with Gasteiger partial charge < -0.3 is 10.1 Å². The standard InChI is InChI=1S/C11H16N2O3S/c1-12-9-4-3-5-10(16-8-6-7-8)11(9)13-17(2,14)15/h3-5,8,12-13H,6-7H2,1-2H3. The number of sulfonamides is 1. The summed E-state index contributed by atoms with van der Waals surface area (Å²) in [7, 11) is -1.58. The summed E-state index contributed by atoms with van der Waals surface area (Å²) in [6.07, 6.45) is 3.41. The van der Waals surface area contributed by atoms with Crippen molar-refractivity contribution in [3.05, 3.63) is 18.2 Å². The number of para-hydroxylation sites is 1. The molecule has 1 aliphatic carbocycles. The lowest BCUT2D eigenvalue weighted by Gasteiger charge is -2.15. The van der Waals surface area contributed by atoms with E-state index in [4.69, 9.17) is 4.74 Å². The molecular weight excluding hydrogens is 240 g/mol. The first-order valence-electron chi connectivity index (χ1n) is 5.45. The Hall–Kier alpha value is -1.43. The smallest absolute Gasteiger partial charge is 0.230 e. The molecule has 1 fully saturated rings. The highest BCUT2D eigenvalue weighted by Crippen LogP contribution is 2.37. The van der Waals surface area contributed by atoms with Gasteiger partial charge in [0.2, 0.25) is 10.0 Å². The summed E-state index contributed by atoms with van der Waals surface area (Å²) in [6.45, 7) is 0. The maximum absolute atomic E-state index is 11.3. The predicted octanol–water partition coefficient (Wildman–Crippen LogP) is 1.64. The zero-order chi connectivity index (χ0) is 12.5. The first-order valence-corrected chi connectivity index (χ1v) is 7.34. The van der Waals surface area contributed by atoms with E-state index in [1.807, 2.05) is 6.07 Å². The summed E-state index contributed by atoms with van der Waals surface area (Å²) in [5.74, 6) is 0.574. The Morgan fingerprint density at radius 3 is 2.59 bits per heavy atom. The Bertz CT molecular complexity index is 509. The fourth-order valence-corrected chi connectivity index (χ4v) is 2.08. The number of hydrogen-bond acceptors (Lipinski definition) is 4. The largest absolute Gasteiger partial charge is 0.488 e. The molecule has 1 aliphatic rings. The number of rotatable bonds is 5. The van der Waals surface area contributed by atoms with E-state index in [0.29, 0.717) is 17.1 Å². The van der Waals surface area contributed by atoms with Crippen LogP contribution in [0.25, 0.3) is 0 Å². The van der Waals surface area contributed by atoms with Crippen LogP contribution in [0.4, 0.5) is 11.4 Å². The number of anilines is 2. The van der Waals surface area contributed by atoms with Crippen molar-refractivity contribution in [1.82, 2.24) is 0 Å². The van der Waals surface area contributed by atoms with E-state index >= 15 is 0 Å². The van der Waals surface area contributed by atoms with Crippen LogP contribution in [0, 0.1) is 0 Å². The summed E-state index contributed by atoms with van der Waals surface area (Å²) < 4.78 is 30.8. The minimum Gasteiger partial charge on any atom is -0.488 e. The molecule has 2 rings (SSSR count). The van der Waals surface area contributed by atoms with Gasteiger partial charge >= 0.3 is 0 Å². The number of benzene rings is 1. The van der Waals surface area contributed by atoms with E-state index in [2.05, 4.69) is 10.0 Å². The Balaban J connectivity index is 2.35. The van der Waals surface area contributed by atoms with Crippen molar-refractivity contribution in [1.29, 1.82) is 0 Å². The summed E-state index contributed by atoms with van der Waals surface area (Å²) in [5.41, 5.74) is 1.18. The van der Waals surface area contributed by atoms with Gasteiger partial charge in [0.25, 0.3) is 0 Å². The van der Waals surface area contributed by atoms with Crippen LogP contribution in [0.2, 0.25) is 0 Å². The molecule has 0 saturated heterocycles. The molecule has 0 radical (unpaired) electrons. The van der Waals surface area contributed by atoms with Crippen LogP contribution >= 0.6 is 0 Å². The van der Waals surface area contributed by atoms with E-state index in [9.17, 15) is 8.42 Å².